The lowest BCUT2D eigenvalue weighted by Gasteiger charge is -2.57. The van der Waals surface area contributed by atoms with Crippen LogP contribution in [0, 0.1) is 23.5 Å². The first-order chi connectivity index (χ1) is 16.5. The fourth-order valence-corrected chi connectivity index (χ4v) is 4.91. The molecule has 0 aromatic heterocycles. The normalized spacial score (nSPS) is 22.5. The Morgan fingerprint density at radius 2 is 1.94 bits per heavy atom. The molecule has 2 aliphatic rings. The summed E-state index contributed by atoms with van der Waals surface area (Å²) >= 11 is 0. The second-order valence-electron chi connectivity index (χ2n) is 8.65. The number of nitrogens with one attached hydrogen (secondary N) is 1. The Morgan fingerprint density at radius 3 is 2.68 bits per heavy atom. The minimum atomic E-state index is -0.682. The lowest BCUT2D eigenvalue weighted by atomic mass is 9.74. The predicted octanol–water partition coefficient (Wildman–Crippen LogP) is 3.42. The second-order valence-corrected chi connectivity index (χ2v) is 8.65. The van der Waals surface area contributed by atoms with Gasteiger partial charge >= 0.3 is 6.03 Å². The van der Waals surface area contributed by atoms with Crippen molar-refractivity contribution in [1.82, 2.24) is 9.80 Å². The molecule has 2 fully saturated rings. The van der Waals surface area contributed by atoms with Crippen molar-refractivity contribution < 1.29 is 23.4 Å². The van der Waals surface area contributed by atoms with E-state index in [9.17, 15) is 18.7 Å². The van der Waals surface area contributed by atoms with Crippen LogP contribution in [-0.2, 0) is 4.74 Å². The maximum atomic E-state index is 14.1. The standard InChI is InChI=1S/C26H29F2N3O3/c1-34-14-4-5-18-6-8-19(9-7-18)25-23-16-30(12-2-3-13-31(23)24(25)17-32)26(33)29-22-15-20(27)10-11-21(22)28/h6-11,15,23-25,32H,2-3,12-14,16-17H2,1H3,(H,29,33)/t23-,24+,25-/m0/s1. The van der Waals surface area contributed by atoms with Crippen LogP contribution in [-0.4, -0.2) is 73.0 Å². The summed E-state index contributed by atoms with van der Waals surface area (Å²) in [5, 5.41) is 12.6. The van der Waals surface area contributed by atoms with Crippen molar-refractivity contribution in [3.63, 3.8) is 0 Å². The van der Waals surface area contributed by atoms with Crippen LogP contribution >= 0.6 is 0 Å². The van der Waals surface area contributed by atoms with Crippen LogP contribution in [0.25, 0.3) is 0 Å². The average molecular weight is 470 g/mol. The minimum Gasteiger partial charge on any atom is -0.395 e. The van der Waals surface area contributed by atoms with E-state index >= 15 is 0 Å². The van der Waals surface area contributed by atoms with Gasteiger partial charge in [-0.05, 0) is 49.2 Å². The molecule has 34 heavy (non-hydrogen) atoms. The van der Waals surface area contributed by atoms with Crippen LogP contribution in [0.3, 0.4) is 0 Å². The number of amides is 2. The SMILES string of the molecule is COCC#Cc1ccc([C@@H]2[C@@H](CO)N3CCCCN(C(=O)Nc4cc(F)ccc4F)C[C@@H]23)cc1. The van der Waals surface area contributed by atoms with Crippen LogP contribution in [0.4, 0.5) is 19.3 Å². The first kappa shape index (κ1) is 24.1. The van der Waals surface area contributed by atoms with E-state index in [-0.39, 0.29) is 30.3 Å². The van der Waals surface area contributed by atoms with Gasteiger partial charge in [0.25, 0.3) is 0 Å². The van der Waals surface area contributed by atoms with Crippen molar-refractivity contribution in [2.45, 2.75) is 30.8 Å². The minimum absolute atomic E-state index is 0.0194. The van der Waals surface area contributed by atoms with Crippen LogP contribution < -0.4 is 5.32 Å². The van der Waals surface area contributed by atoms with E-state index in [2.05, 4.69) is 22.1 Å². The lowest BCUT2D eigenvalue weighted by Crippen LogP contribution is -2.68. The summed E-state index contributed by atoms with van der Waals surface area (Å²) in [6, 6.07) is 10.5. The number of methoxy groups -OCH3 is 1. The van der Waals surface area contributed by atoms with Crippen LogP contribution in [0.15, 0.2) is 42.5 Å². The van der Waals surface area contributed by atoms with E-state index in [1.807, 2.05) is 24.3 Å². The summed E-state index contributed by atoms with van der Waals surface area (Å²) in [5.74, 6) is 4.73. The Labute approximate surface area is 198 Å². The molecule has 0 spiro atoms. The van der Waals surface area contributed by atoms with Crippen molar-refractivity contribution in [2.24, 2.45) is 0 Å². The Kier molecular flexibility index (Phi) is 7.78. The highest BCUT2D eigenvalue weighted by atomic mass is 19.1. The van der Waals surface area contributed by atoms with E-state index < -0.39 is 17.7 Å². The highest BCUT2D eigenvalue weighted by Gasteiger charge is 2.49. The number of hydrogen-bond donors (Lipinski definition) is 2. The summed E-state index contributed by atoms with van der Waals surface area (Å²) in [6.07, 6.45) is 1.67. The number of benzene rings is 2. The van der Waals surface area contributed by atoms with Crippen LogP contribution in [0.2, 0.25) is 0 Å². The quantitative estimate of drug-likeness (QED) is 0.674. The van der Waals surface area contributed by atoms with Crippen molar-refractivity contribution in [1.29, 1.82) is 0 Å². The van der Waals surface area contributed by atoms with Gasteiger partial charge in [0.1, 0.15) is 18.2 Å². The summed E-state index contributed by atoms with van der Waals surface area (Å²) in [5.41, 5.74) is 1.79. The van der Waals surface area contributed by atoms with Gasteiger partial charge in [-0.25, -0.2) is 13.6 Å². The molecule has 2 amide bonds. The maximum absolute atomic E-state index is 14.1. The van der Waals surface area contributed by atoms with Gasteiger partial charge in [0.15, 0.2) is 0 Å². The van der Waals surface area contributed by atoms with Gasteiger partial charge in [-0.2, -0.15) is 0 Å². The first-order valence-electron chi connectivity index (χ1n) is 11.5. The van der Waals surface area contributed by atoms with Crippen molar-refractivity contribution in [3.8, 4) is 11.8 Å². The highest BCUT2D eigenvalue weighted by molar-refractivity contribution is 5.89. The number of nitrogens with zero attached hydrogens (tertiary/aromatic N) is 2. The van der Waals surface area contributed by atoms with Gasteiger partial charge in [-0.3, -0.25) is 4.90 Å². The van der Waals surface area contributed by atoms with Crippen molar-refractivity contribution in [3.05, 3.63) is 65.2 Å². The molecule has 2 aromatic rings. The smallest absolute Gasteiger partial charge is 0.321 e. The summed E-state index contributed by atoms with van der Waals surface area (Å²) in [7, 11) is 1.60. The number of halogens is 2. The maximum Gasteiger partial charge on any atom is 0.321 e. The molecule has 0 aliphatic carbocycles. The van der Waals surface area contributed by atoms with E-state index in [0.717, 1.165) is 48.7 Å². The van der Waals surface area contributed by atoms with Crippen LogP contribution in [0.5, 0.6) is 0 Å². The molecule has 2 aromatic carbocycles. The fraction of sp³-hybridized carbons (Fsp3) is 0.423. The third-order valence-electron chi connectivity index (χ3n) is 6.57. The Balaban J connectivity index is 1.51. The first-order valence-corrected chi connectivity index (χ1v) is 11.5. The van der Waals surface area contributed by atoms with Gasteiger partial charge in [-0.15, -0.1) is 0 Å². The van der Waals surface area contributed by atoms with E-state index in [4.69, 9.17) is 4.74 Å². The zero-order valence-corrected chi connectivity index (χ0v) is 19.1. The molecule has 2 aliphatic heterocycles. The number of rotatable bonds is 4. The monoisotopic (exact) mass is 469 g/mol. The molecule has 2 N–H and O–H groups in total. The number of aliphatic hydroxyl groups excluding tert-OH is 1. The second kappa shape index (κ2) is 11.0. The Bertz CT molecular complexity index is 1070. The van der Waals surface area contributed by atoms with Gasteiger partial charge in [0.05, 0.1) is 12.3 Å². The molecule has 180 valence electrons. The average Bonchev–Trinajstić information content (AvgIpc) is 2.81. The third kappa shape index (κ3) is 5.22. The molecule has 6 nitrogen and oxygen atoms in total. The molecule has 4 rings (SSSR count). The number of ether oxygens (including phenoxy) is 1. The topological polar surface area (TPSA) is 65.0 Å². The molecular weight excluding hydrogens is 440 g/mol. The highest BCUT2D eigenvalue weighted by Crippen LogP contribution is 2.42. The lowest BCUT2D eigenvalue weighted by molar-refractivity contribution is -0.0585. The zero-order valence-electron chi connectivity index (χ0n) is 19.1. The molecular formula is C26H29F2N3O3. The summed E-state index contributed by atoms with van der Waals surface area (Å²) < 4.78 is 32.5. The molecule has 0 bridgehead atoms. The molecule has 3 atom stereocenters. The van der Waals surface area contributed by atoms with Crippen molar-refractivity contribution in [2.75, 3.05) is 45.3 Å². The molecule has 0 radical (unpaired) electrons. The number of aliphatic hydroxyl groups is 1. The Hall–Kier alpha value is -2.99. The molecule has 0 saturated carbocycles. The van der Waals surface area contributed by atoms with Gasteiger partial charge < -0.3 is 20.1 Å². The number of fused-ring (bicyclic) bond motifs is 1. The molecule has 2 heterocycles. The predicted molar refractivity (Wildman–Crippen MR) is 125 cm³/mol. The number of carbonyl (C=O) groups excluding carboxylic acids is 1. The molecule has 2 saturated heterocycles. The van der Waals surface area contributed by atoms with Gasteiger partial charge in [0.2, 0.25) is 0 Å². The Morgan fingerprint density at radius 1 is 1.18 bits per heavy atom. The summed E-state index contributed by atoms with van der Waals surface area (Å²) in [4.78, 5) is 16.9. The number of hydrogen-bond acceptors (Lipinski definition) is 4. The largest absolute Gasteiger partial charge is 0.395 e. The van der Waals surface area contributed by atoms with Crippen molar-refractivity contribution >= 4 is 11.7 Å². The van der Waals surface area contributed by atoms with Crippen LogP contribution in [0.1, 0.15) is 29.9 Å². The fourth-order valence-electron chi connectivity index (χ4n) is 4.91. The van der Waals surface area contributed by atoms with Gasteiger partial charge in [-0.1, -0.05) is 24.0 Å². The number of carbonyl (C=O) groups is 1. The number of urea groups is 1. The summed E-state index contributed by atoms with van der Waals surface area (Å²) in [6.45, 7) is 2.20. The molecule has 0 unspecified atom stereocenters. The third-order valence-corrected chi connectivity index (χ3v) is 6.57. The zero-order chi connectivity index (χ0) is 24.1. The van der Waals surface area contributed by atoms with E-state index in [1.165, 1.54) is 0 Å². The molecule has 8 heteroatoms. The number of anilines is 1. The van der Waals surface area contributed by atoms with Gasteiger partial charge in [0, 0.05) is 49.8 Å². The van der Waals surface area contributed by atoms with E-state index in [1.54, 1.807) is 12.0 Å². The van der Waals surface area contributed by atoms with E-state index in [0.29, 0.717) is 19.7 Å².